The molecular formula is C41H66O17. The van der Waals surface area contributed by atoms with E-state index < -0.39 is 111 Å². The SMILES string of the molecule is C[C@H]1O[C@@H](O[C@H]2[C@H](O)[C@@H](O)[C@H](O[C@H]3[C@H](O)[C@@H](O)[C@H](O[C@H]4CC[C@]5(C)[C@H]6CC[C@]7(C)[C@@H]([C@@H]8COC(=O)C8)CC[C@@H]7[C@@H]6CC[C@]5(O)C4)O[C@@H]3CO)O[C@@H]2CO)C[C@H](O)[C@@H]1O. The number of aliphatic hydroxyl groups is 9. The molecule has 8 aliphatic rings. The van der Waals surface area contributed by atoms with E-state index in [1.165, 1.54) is 6.92 Å². The summed E-state index contributed by atoms with van der Waals surface area (Å²) >= 11 is 0. The minimum Gasteiger partial charge on any atom is -0.465 e. The van der Waals surface area contributed by atoms with E-state index in [1.54, 1.807) is 0 Å². The van der Waals surface area contributed by atoms with Crippen molar-refractivity contribution >= 4 is 5.97 Å². The zero-order valence-electron chi connectivity index (χ0n) is 33.7. The molecule has 4 aliphatic heterocycles. The van der Waals surface area contributed by atoms with E-state index in [1.807, 2.05) is 0 Å². The summed E-state index contributed by atoms with van der Waals surface area (Å²) in [5.41, 5.74) is -1.20. The van der Waals surface area contributed by atoms with Crippen molar-refractivity contribution in [2.24, 2.45) is 40.4 Å². The maximum absolute atomic E-state index is 12.5. The highest BCUT2D eigenvalue weighted by Crippen LogP contribution is 2.69. The second-order valence-electron chi connectivity index (χ2n) is 19.4. The summed E-state index contributed by atoms with van der Waals surface area (Å²) in [6.07, 6.45) is -12.1. The number of aliphatic hydroxyl groups excluding tert-OH is 8. The standard InChI is InChI=1S/C41H66O17/c1-18-30(46)25(44)13-29(53-18)57-35-26(15-42)56-38(34(50)31(35)47)58-36-27(16-43)55-37(33(49)32(36)48)54-20-6-10-40(3)24-8-9-39(2)22(19-12-28(45)52-17-19)4-5-23(39)21(24)7-11-41(40,51)14-20/h18-27,29-38,42-44,46-51H,4-17H2,1-3H3/t18-,19+,20+,21+,22-,23-,24+,25+,26-,27-,29+,30-,31-,32-,33-,34-,35-,36-,37-,38+,39-,40-,41+/m1/s1. The van der Waals surface area contributed by atoms with Gasteiger partial charge in [-0.05, 0) is 92.8 Å². The van der Waals surface area contributed by atoms with Gasteiger partial charge in [-0.15, -0.1) is 0 Å². The molecule has 0 bridgehead atoms. The van der Waals surface area contributed by atoms with Crippen molar-refractivity contribution in [2.45, 2.75) is 189 Å². The number of carbonyl (C=O) groups excluding carboxylic acids is 1. The number of carbonyl (C=O) groups is 1. The first-order valence-electron chi connectivity index (χ1n) is 21.6. The second-order valence-corrected chi connectivity index (χ2v) is 19.4. The smallest absolute Gasteiger partial charge is 0.306 e. The van der Waals surface area contributed by atoms with E-state index in [2.05, 4.69) is 13.8 Å². The highest BCUT2D eigenvalue weighted by atomic mass is 16.8. The topological polar surface area (TPSA) is 264 Å². The Morgan fingerprint density at radius 2 is 1.34 bits per heavy atom. The van der Waals surface area contributed by atoms with Gasteiger partial charge < -0.3 is 79.1 Å². The van der Waals surface area contributed by atoms with Gasteiger partial charge in [-0.3, -0.25) is 4.79 Å². The Labute approximate surface area is 338 Å². The fraction of sp³-hybridized carbons (Fsp3) is 0.976. The summed E-state index contributed by atoms with van der Waals surface area (Å²) in [7, 11) is 0. The summed E-state index contributed by atoms with van der Waals surface area (Å²) in [5.74, 6) is 2.05. The fourth-order valence-corrected chi connectivity index (χ4v) is 13.2. The van der Waals surface area contributed by atoms with Crippen molar-refractivity contribution in [3.05, 3.63) is 0 Å². The van der Waals surface area contributed by atoms with Crippen LogP contribution in [0.4, 0.5) is 0 Å². The van der Waals surface area contributed by atoms with E-state index >= 15 is 0 Å². The highest BCUT2D eigenvalue weighted by Gasteiger charge is 2.66. The Morgan fingerprint density at radius 3 is 1.97 bits per heavy atom. The fourth-order valence-electron chi connectivity index (χ4n) is 13.2. The molecule has 0 radical (unpaired) electrons. The number of hydrogen-bond donors (Lipinski definition) is 9. The molecule has 0 aromatic carbocycles. The molecule has 4 aliphatic carbocycles. The normalized spacial score (nSPS) is 56.0. The van der Waals surface area contributed by atoms with Crippen LogP contribution in [0.25, 0.3) is 0 Å². The monoisotopic (exact) mass is 830 g/mol. The summed E-state index contributed by atoms with van der Waals surface area (Å²) < 4.78 is 40.7. The lowest BCUT2D eigenvalue weighted by atomic mass is 9.43. The predicted molar refractivity (Wildman–Crippen MR) is 197 cm³/mol. The minimum absolute atomic E-state index is 0.0831. The van der Waals surface area contributed by atoms with Crippen molar-refractivity contribution in [2.75, 3.05) is 19.8 Å². The zero-order valence-corrected chi connectivity index (χ0v) is 33.7. The van der Waals surface area contributed by atoms with Gasteiger partial charge in [0.1, 0.15) is 54.9 Å². The molecule has 23 atom stereocenters. The first-order chi connectivity index (χ1) is 27.5. The van der Waals surface area contributed by atoms with E-state index in [0.717, 1.165) is 32.1 Å². The van der Waals surface area contributed by atoms with Crippen molar-refractivity contribution in [1.29, 1.82) is 0 Å². The summed E-state index contributed by atoms with van der Waals surface area (Å²) in [6.45, 7) is 5.35. The quantitative estimate of drug-likeness (QED) is 0.102. The van der Waals surface area contributed by atoms with Crippen molar-refractivity contribution in [3.8, 4) is 0 Å². The second kappa shape index (κ2) is 16.5. The lowest BCUT2D eigenvalue weighted by Crippen LogP contribution is -2.66. The van der Waals surface area contributed by atoms with Crippen LogP contribution in [0.2, 0.25) is 0 Å². The number of rotatable bonds is 9. The van der Waals surface area contributed by atoms with Gasteiger partial charge in [-0.25, -0.2) is 0 Å². The Kier molecular flexibility index (Phi) is 12.4. The van der Waals surface area contributed by atoms with E-state index in [4.69, 9.17) is 33.2 Å². The molecule has 0 unspecified atom stereocenters. The van der Waals surface area contributed by atoms with Gasteiger partial charge >= 0.3 is 5.97 Å². The van der Waals surface area contributed by atoms with Crippen LogP contribution in [0, 0.1) is 40.4 Å². The average molecular weight is 831 g/mol. The Balaban J connectivity index is 0.879. The molecule has 0 spiro atoms. The van der Waals surface area contributed by atoms with Crippen LogP contribution in [0.5, 0.6) is 0 Å². The number of hydrogen-bond acceptors (Lipinski definition) is 17. The Bertz CT molecular complexity index is 1440. The molecule has 4 heterocycles. The summed E-state index contributed by atoms with van der Waals surface area (Å²) in [4.78, 5) is 12.0. The minimum atomic E-state index is -1.80. The molecule has 0 aromatic heterocycles. The number of ether oxygens (including phenoxy) is 7. The van der Waals surface area contributed by atoms with Crippen molar-refractivity contribution in [1.82, 2.24) is 0 Å². The molecule has 0 aromatic rings. The third-order valence-electron chi connectivity index (χ3n) is 16.5. The molecule has 8 fully saturated rings. The van der Waals surface area contributed by atoms with Crippen LogP contribution in [-0.4, -0.2) is 169 Å². The van der Waals surface area contributed by atoms with Crippen LogP contribution in [0.3, 0.4) is 0 Å². The van der Waals surface area contributed by atoms with Crippen LogP contribution < -0.4 is 0 Å². The van der Waals surface area contributed by atoms with E-state index in [-0.39, 0.29) is 23.2 Å². The lowest BCUT2D eigenvalue weighted by molar-refractivity contribution is -0.375. The van der Waals surface area contributed by atoms with E-state index in [0.29, 0.717) is 68.3 Å². The van der Waals surface area contributed by atoms with Crippen LogP contribution >= 0.6 is 0 Å². The molecule has 332 valence electrons. The summed E-state index contributed by atoms with van der Waals surface area (Å²) in [6, 6.07) is 0. The third-order valence-corrected chi connectivity index (χ3v) is 16.5. The van der Waals surface area contributed by atoms with Crippen LogP contribution in [0.15, 0.2) is 0 Å². The highest BCUT2D eigenvalue weighted by molar-refractivity contribution is 5.71. The first kappa shape index (κ1) is 43.5. The molecule has 17 heteroatoms. The Morgan fingerprint density at radius 1 is 0.707 bits per heavy atom. The van der Waals surface area contributed by atoms with E-state index in [9.17, 15) is 50.8 Å². The molecule has 4 saturated heterocycles. The average Bonchev–Trinajstić information content (AvgIpc) is 3.78. The largest absolute Gasteiger partial charge is 0.465 e. The maximum atomic E-state index is 12.5. The zero-order chi connectivity index (χ0) is 41.5. The summed E-state index contributed by atoms with van der Waals surface area (Å²) in [5, 5.41) is 97.8. The van der Waals surface area contributed by atoms with Crippen LogP contribution in [-0.2, 0) is 38.0 Å². The number of cyclic esters (lactones) is 1. The first-order valence-corrected chi connectivity index (χ1v) is 21.6. The van der Waals surface area contributed by atoms with Gasteiger partial charge in [0.05, 0.1) is 50.2 Å². The molecular weight excluding hydrogens is 764 g/mol. The van der Waals surface area contributed by atoms with Gasteiger partial charge in [0.15, 0.2) is 18.9 Å². The third kappa shape index (κ3) is 7.38. The Hall–Kier alpha value is -1.13. The molecule has 0 amide bonds. The molecule has 4 saturated carbocycles. The van der Waals surface area contributed by atoms with Crippen molar-refractivity contribution in [3.63, 3.8) is 0 Å². The van der Waals surface area contributed by atoms with Gasteiger partial charge in [0.25, 0.3) is 0 Å². The molecule has 58 heavy (non-hydrogen) atoms. The van der Waals surface area contributed by atoms with Crippen LogP contribution in [0.1, 0.15) is 91.4 Å². The number of fused-ring (bicyclic) bond motifs is 5. The molecule has 9 N–H and O–H groups in total. The lowest BCUT2D eigenvalue weighted by Gasteiger charge is -2.64. The van der Waals surface area contributed by atoms with Gasteiger partial charge in [-0.1, -0.05) is 13.8 Å². The molecule has 17 nitrogen and oxygen atoms in total. The number of esters is 1. The van der Waals surface area contributed by atoms with Gasteiger partial charge in [-0.2, -0.15) is 0 Å². The van der Waals surface area contributed by atoms with Crippen molar-refractivity contribution < 1.29 is 83.9 Å². The molecule has 8 rings (SSSR count). The predicted octanol–water partition coefficient (Wildman–Crippen LogP) is -0.786. The van der Waals surface area contributed by atoms with Gasteiger partial charge in [0.2, 0.25) is 0 Å². The maximum Gasteiger partial charge on any atom is 0.306 e. The van der Waals surface area contributed by atoms with Gasteiger partial charge in [0, 0.05) is 18.8 Å².